The lowest BCUT2D eigenvalue weighted by molar-refractivity contribution is -0.385. The van der Waals surface area contributed by atoms with Gasteiger partial charge >= 0.3 is 0 Å². The minimum Gasteiger partial charge on any atom is -0.497 e. The molecule has 9 heteroatoms. The summed E-state index contributed by atoms with van der Waals surface area (Å²) in [4.78, 5) is 39.7. The zero-order valence-electron chi connectivity index (χ0n) is 22.8. The highest BCUT2D eigenvalue weighted by atomic mass is 16.6. The number of ether oxygens (including phenoxy) is 1. The average molecular weight is 554 g/mol. The number of carbonyl (C=O) groups is 1. The summed E-state index contributed by atoms with van der Waals surface area (Å²) in [6.07, 6.45) is 5.68. The first-order valence-corrected chi connectivity index (χ1v) is 14.0. The van der Waals surface area contributed by atoms with E-state index in [0.29, 0.717) is 24.0 Å². The summed E-state index contributed by atoms with van der Waals surface area (Å²) in [6.45, 7) is 0.839. The van der Waals surface area contributed by atoms with Crippen LogP contribution >= 0.6 is 0 Å². The second-order valence-electron chi connectivity index (χ2n) is 11.2. The van der Waals surface area contributed by atoms with Gasteiger partial charge < -0.3 is 4.74 Å². The molecule has 0 amide bonds. The number of nitro benzene ring substituents is 2. The summed E-state index contributed by atoms with van der Waals surface area (Å²) in [5.41, 5.74) is 2.25. The minimum atomic E-state index is -0.848. The van der Waals surface area contributed by atoms with E-state index in [9.17, 15) is 25.0 Å². The summed E-state index contributed by atoms with van der Waals surface area (Å²) < 4.78 is 5.41. The molecule has 6 rings (SSSR count). The summed E-state index contributed by atoms with van der Waals surface area (Å²) in [5.74, 6) is 0.524. The Morgan fingerprint density at radius 1 is 0.927 bits per heavy atom. The maximum atomic E-state index is 14.9. The van der Waals surface area contributed by atoms with Crippen LogP contribution in [0.5, 0.6) is 5.75 Å². The first kappa shape index (κ1) is 26.8. The molecule has 0 N–H and O–H groups in total. The number of hydrogen-bond donors (Lipinski definition) is 0. The Bertz CT molecular complexity index is 1550. The van der Waals surface area contributed by atoms with Gasteiger partial charge in [0.25, 0.3) is 11.4 Å². The number of hydrogen-bond acceptors (Lipinski definition) is 7. The van der Waals surface area contributed by atoms with E-state index < -0.39 is 10.3 Å². The molecular formula is C32H31N3O6. The quantitative estimate of drug-likeness (QED) is 0.191. The number of nitrogens with zero attached hydrogens (tertiary/aromatic N) is 3. The summed E-state index contributed by atoms with van der Waals surface area (Å²) in [6, 6.07) is 20.9. The van der Waals surface area contributed by atoms with Crippen molar-refractivity contribution in [1.82, 2.24) is 4.90 Å². The Kier molecular flexibility index (Phi) is 6.91. The molecule has 1 saturated carbocycles. The first-order valence-electron chi connectivity index (χ1n) is 14.0. The van der Waals surface area contributed by atoms with Crippen LogP contribution in [0.15, 0.2) is 78.4 Å². The topological polar surface area (TPSA) is 116 Å². The van der Waals surface area contributed by atoms with E-state index in [-0.39, 0.29) is 40.1 Å². The Balaban J connectivity index is 1.53. The van der Waals surface area contributed by atoms with Crippen LogP contribution < -0.4 is 4.74 Å². The number of Topliss-reactive ketones (excluding diaryl/α,β-unsaturated/α-hetero) is 1. The molecule has 0 aromatic heterocycles. The molecule has 2 saturated heterocycles. The van der Waals surface area contributed by atoms with Crippen LogP contribution in [0.1, 0.15) is 60.8 Å². The number of methoxy groups -OCH3 is 1. The average Bonchev–Trinajstić information content (AvgIpc) is 3.54. The van der Waals surface area contributed by atoms with Crippen molar-refractivity contribution in [2.45, 2.75) is 50.1 Å². The molecule has 3 fully saturated rings. The molecule has 0 bridgehead atoms. The van der Waals surface area contributed by atoms with Crippen molar-refractivity contribution in [3.8, 4) is 5.75 Å². The van der Waals surface area contributed by atoms with E-state index >= 15 is 0 Å². The van der Waals surface area contributed by atoms with Crippen molar-refractivity contribution < 1.29 is 19.4 Å². The maximum Gasteiger partial charge on any atom is 0.270 e. The monoisotopic (exact) mass is 553 g/mol. The van der Waals surface area contributed by atoms with Gasteiger partial charge in [0.05, 0.1) is 22.4 Å². The van der Waals surface area contributed by atoms with E-state index in [2.05, 4.69) is 4.90 Å². The molecule has 9 nitrogen and oxygen atoms in total. The minimum absolute atomic E-state index is 0.0192. The van der Waals surface area contributed by atoms with E-state index in [0.717, 1.165) is 42.7 Å². The van der Waals surface area contributed by atoms with Gasteiger partial charge in [0.1, 0.15) is 5.75 Å². The maximum absolute atomic E-state index is 14.9. The molecule has 3 aromatic rings. The fourth-order valence-corrected chi connectivity index (χ4v) is 7.65. The number of rotatable bonds is 6. The molecule has 1 aliphatic carbocycles. The van der Waals surface area contributed by atoms with Crippen LogP contribution in [0.2, 0.25) is 0 Å². The number of nitro groups is 2. The van der Waals surface area contributed by atoms with Crippen molar-refractivity contribution >= 4 is 23.2 Å². The second kappa shape index (κ2) is 10.6. The van der Waals surface area contributed by atoms with Crippen molar-refractivity contribution in [2.75, 3.05) is 13.7 Å². The normalized spacial score (nSPS) is 26.8. The van der Waals surface area contributed by atoms with Crippen LogP contribution in [0.3, 0.4) is 0 Å². The number of benzene rings is 3. The Morgan fingerprint density at radius 3 is 2.34 bits per heavy atom. The van der Waals surface area contributed by atoms with Crippen molar-refractivity contribution in [2.24, 2.45) is 5.41 Å². The lowest BCUT2D eigenvalue weighted by atomic mass is 9.57. The highest BCUT2D eigenvalue weighted by molar-refractivity contribution is 6.05. The van der Waals surface area contributed by atoms with E-state index in [1.54, 1.807) is 37.5 Å². The first-order chi connectivity index (χ1) is 19.8. The molecule has 0 unspecified atom stereocenters. The molecule has 3 aliphatic rings. The molecule has 2 heterocycles. The van der Waals surface area contributed by atoms with E-state index in [4.69, 9.17) is 4.74 Å². The van der Waals surface area contributed by atoms with Gasteiger partial charge in [-0.05, 0) is 79.1 Å². The largest absolute Gasteiger partial charge is 0.497 e. The van der Waals surface area contributed by atoms with Crippen molar-refractivity contribution in [1.29, 1.82) is 0 Å². The second-order valence-corrected chi connectivity index (χ2v) is 11.2. The fourth-order valence-electron chi connectivity index (χ4n) is 7.65. The van der Waals surface area contributed by atoms with Gasteiger partial charge in [0, 0.05) is 42.3 Å². The zero-order chi connectivity index (χ0) is 28.7. The third kappa shape index (κ3) is 4.50. The molecule has 2 aliphatic heterocycles. The van der Waals surface area contributed by atoms with Gasteiger partial charge in [-0.25, -0.2) is 0 Å². The molecule has 0 radical (unpaired) electrons. The van der Waals surface area contributed by atoms with E-state index in [1.165, 1.54) is 18.2 Å². The van der Waals surface area contributed by atoms with Gasteiger partial charge in [-0.15, -0.1) is 0 Å². The van der Waals surface area contributed by atoms with Crippen LogP contribution in [0.25, 0.3) is 6.08 Å². The summed E-state index contributed by atoms with van der Waals surface area (Å²) >= 11 is 0. The third-order valence-corrected chi connectivity index (χ3v) is 9.15. The molecule has 3 aromatic carbocycles. The Morgan fingerprint density at radius 2 is 1.63 bits per heavy atom. The lowest BCUT2D eigenvalue weighted by Crippen LogP contribution is -2.44. The molecule has 4 atom stereocenters. The number of ketones is 1. The highest BCUT2D eigenvalue weighted by Crippen LogP contribution is 2.65. The highest BCUT2D eigenvalue weighted by Gasteiger charge is 2.65. The number of carbonyl (C=O) groups excluding carboxylic acids is 1. The predicted octanol–water partition coefficient (Wildman–Crippen LogP) is 6.64. The van der Waals surface area contributed by atoms with Crippen molar-refractivity contribution in [3.63, 3.8) is 0 Å². The zero-order valence-corrected chi connectivity index (χ0v) is 22.8. The third-order valence-electron chi connectivity index (χ3n) is 9.15. The Labute approximate surface area is 237 Å². The number of fused-ring (bicyclic) bond motifs is 1. The number of allylic oxidation sites excluding steroid dienone is 1. The van der Waals surface area contributed by atoms with Crippen molar-refractivity contribution in [3.05, 3.63) is 115 Å². The van der Waals surface area contributed by atoms with Crippen LogP contribution in [0, 0.1) is 25.6 Å². The molecule has 41 heavy (non-hydrogen) atoms. The molecular weight excluding hydrogens is 522 g/mol. The van der Waals surface area contributed by atoms with Crippen LogP contribution in [-0.2, 0) is 4.79 Å². The van der Waals surface area contributed by atoms with Gasteiger partial charge in [0.2, 0.25) is 0 Å². The molecule has 1 spiro atoms. The van der Waals surface area contributed by atoms with Gasteiger partial charge in [0.15, 0.2) is 5.78 Å². The molecule has 210 valence electrons. The van der Waals surface area contributed by atoms with E-state index in [1.807, 2.05) is 30.3 Å². The fraction of sp³-hybridized carbons (Fsp3) is 0.344. The van der Waals surface area contributed by atoms with Gasteiger partial charge in [-0.3, -0.25) is 29.9 Å². The predicted molar refractivity (Wildman–Crippen MR) is 154 cm³/mol. The lowest BCUT2D eigenvalue weighted by Gasteiger charge is -2.44. The van der Waals surface area contributed by atoms with Crippen LogP contribution in [-0.4, -0.2) is 40.2 Å². The smallest absolute Gasteiger partial charge is 0.270 e. The standard InChI is InChI=1S/C32H31N3O6/c1-41-27-14-12-22(13-15-27)30-32(16-4-8-24(31(32)36)18-21-6-2-9-25(19-21)34(37)38)29(28-11-5-17-33(28)30)23-7-3-10-26(20-23)35(39)40/h2-3,6-7,9-10,12-15,18-20,28-30H,4-5,8,11,16-17H2,1H3/b24-18+/t28-,29-,30-,32+/m0/s1. The Hall–Kier alpha value is -4.37. The van der Waals surface area contributed by atoms with Gasteiger partial charge in [-0.1, -0.05) is 36.4 Å². The van der Waals surface area contributed by atoms with Gasteiger partial charge in [-0.2, -0.15) is 0 Å². The summed E-state index contributed by atoms with van der Waals surface area (Å²) in [7, 11) is 1.62. The SMILES string of the molecule is COc1ccc([C@@H]2N3CCC[C@H]3[C@H](c3cccc([N+](=O)[O-])c3)[C@]23CCC/C(=C\c2cccc([N+](=O)[O-])c2)C3=O)cc1. The summed E-state index contributed by atoms with van der Waals surface area (Å²) in [5, 5.41) is 23.2. The number of non-ortho nitro benzene ring substituents is 2. The van der Waals surface area contributed by atoms with Crippen LogP contribution in [0.4, 0.5) is 11.4 Å².